The van der Waals surface area contributed by atoms with Crippen molar-refractivity contribution in [1.82, 2.24) is 10.9 Å². The number of nitrogens with one attached hydrogen (secondary N) is 2. The van der Waals surface area contributed by atoms with Gasteiger partial charge in [0, 0.05) is 17.7 Å². The van der Waals surface area contributed by atoms with E-state index >= 15 is 0 Å². The first kappa shape index (κ1) is 20.8. The van der Waals surface area contributed by atoms with E-state index in [-0.39, 0.29) is 5.56 Å². The number of hydrazine groups is 1. The van der Waals surface area contributed by atoms with Gasteiger partial charge in [-0.2, -0.15) is 13.2 Å². The number of alkyl halides is 3. The molecule has 2 aromatic rings. The lowest BCUT2D eigenvalue weighted by atomic mass is 10.1. The fourth-order valence-corrected chi connectivity index (χ4v) is 2.13. The van der Waals surface area contributed by atoms with Crippen molar-refractivity contribution in [3.05, 3.63) is 65.2 Å². The highest BCUT2D eigenvalue weighted by Crippen LogP contribution is 2.29. The molecule has 0 aromatic heterocycles. The van der Waals surface area contributed by atoms with Crippen LogP contribution < -0.4 is 20.3 Å². The molecule has 0 spiro atoms. The number of hydrogen-bond acceptors (Lipinski definition) is 4. The zero-order chi connectivity index (χ0) is 20.7. The lowest BCUT2D eigenvalue weighted by molar-refractivity contribution is -0.137. The van der Waals surface area contributed by atoms with Crippen molar-refractivity contribution >= 4 is 17.9 Å². The first-order valence-corrected chi connectivity index (χ1v) is 7.91. The van der Waals surface area contributed by atoms with E-state index in [0.717, 1.165) is 18.2 Å². The van der Waals surface area contributed by atoms with Gasteiger partial charge in [-0.15, -0.1) is 0 Å². The van der Waals surface area contributed by atoms with E-state index < -0.39 is 23.6 Å². The summed E-state index contributed by atoms with van der Waals surface area (Å²) in [5.41, 5.74) is 4.20. The summed E-state index contributed by atoms with van der Waals surface area (Å²) in [6.45, 7) is 0. The maximum Gasteiger partial charge on any atom is 0.416 e. The second kappa shape index (κ2) is 8.94. The van der Waals surface area contributed by atoms with Crippen molar-refractivity contribution in [2.75, 3.05) is 14.2 Å². The first-order valence-electron chi connectivity index (χ1n) is 7.91. The highest BCUT2D eigenvalue weighted by Gasteiger charge is 2.29. The quantitative estimate of drug-likeness (QED) is 0.603. The molecule has 0 heterocycles. The fraction of sp³-hybridized carbons (Fsp3) is 0.158. The molecule has 0 aliphatic carbocycles. The van der Waals surface area contributed by atoms with Crippen molar-refractivity contribution in [2.24, 2.45) is 0 Å². The normalized spacial score (nSPS) is 11.2. The Morgan fingerprint density at radius 2 is 1.50 bits per heavy atom. The van der Waals surface area contributed by atoms with Crippen LogP contribution >= 0.6 is 0 Å². The van der Waals surface area contributed by atoms with Crippen LogP contribution in [0.15, 0.2) is 48.5 Å². The number of halogens is 3. The number of rotatable bonds is 5. The largest absolute Gasteiger partial charge is 0.497 e. The van der Waals surface area contributed by atoms with Crippen LogP contribution in [0.25, 0.3) is 6.08 Å². The number of amides is 2. The van der Waals surface area contributed by atoms with E-state index in [1.807, 2.05) is 0 Å². The molecule has 2 N–H and O–H groups in total. The molecule has 0 unspecified atom stereocenters. The third kappa shape index (κ3) is 5.76. The molecular weight excluding hydrogens is 377 g/mol. The van der Waals surface area contributed by atoms with E-state index in [1.165, 1.54) is 44.6 Å². The molecule has 6 nitrogen and oxygen atoms in total. The number of benzene rings is 2. The Morgan fingerprint density at radius 1 is 0.929 bits per heavy atom. The van der Waals surface area contributed by atoms with E-state index in [4.69, 9.17) is 9.47 Å². The average Bonchev–Trinajstić information content (AvgIpc) is 2.69. The minimum absolute atomic E-state index is 0.197. The molecule has 2 rings (SSSR count). The van der Waals surface area contributed by atoms with E-state index in [2.05, 4.69) is 10.9 Å². The van der Waals surface area contributed by atoms with E-state index in [0.29, 0.717) is 17.1 Å². The van der Waals surface area contributed by atoms with Crippen LogP contribution in [0.1, 0.15) is 21.5 Å². The Balaban J connectivity index is 1.95. The molecule has 148 valence electrons. The van der Waals surface area contributed by atoms with Gasteiger partial charge >= 0.3 is 6.18 Å². The molecule has 0 fully saturated rings. The maximum absolute atomic E-state index is 12.5. The Bertz CT molecular complexity index is 855. The van der Waals surface area contributed by atoms with Crippen LogP contribution in [-0.4, -0.2) is 26.0 Å². The van der Waals surface area contributed by atoms with Gasteiger partial charge in [-0.05, 0) is 35.9 Å². The molecule has 0 bridgehead atoms. The second-order valence-corrected chi connectivity index (χ2v) is 5.50. The average molecular weight is 394 g/mol. The highest BCUT2D eigenvalue weighted by molar-refractivity contribution is 5.98. The minimum Gasteiger partial charge on any atom is -0.497 e. The predicted molar refractivity (Wildman–Crippen MR) is 95.6 cm³/mol. The third-order valence-corrected chi connectivity index (χ3v) is 3.58. The van der Waals surface area contributed by atoms with Crippen LogP contribution in [0.2, 0.25) is 0 Å². The highest BCUT2D eigenvalue weighted by atomic mass is 19.4. The van der Waals surface area contributed by atoms with E-state index in [1.54, 1.807) is 6.07 Å². The third-order valence-electron chi connectivity index (χ3n) is 3.58. The van der Waals surface area contributed by atoms with Gasteiger partial charge in [0.15, 0.2) is 0 Å². The Hall–Kier alpha value is -3.49. The van der Waals surface area contributed by atoms with Crippen molar-refractivity contribution in [2.45, 2.75) is 6.18 Å². The standard InChI is InChI=1S/C19H17F3N2O4/c1-27-15-9-13(10-16(11-15)28-2)18(26)24-23-17(25)8-5-12-3-6-14(7-4-12)19(20,21)22/h3-11H,1-2H3,(H,23,25)(H,24,26)/b8-5+. The number of methoxy groups -OCH3 is 2. The molecule has 28 heavy (non-hydrogen) atoms. The van der Waals surface area contributed by atoms with Crippen LogP contribution in [0, 0.1) is 0 Å². The molecule has 0 atom stereocenters. The summed E-state index contributed by atoms with van der Waals surface area (Å²) >= 11 is 0. The summed E-state index contributed by atoms with van der Waals surface area (Å²) < 4.78 is 47.6. The topological polar surface area (TPSA) is 76.7 Å². The van der Waals surface area contributed by atoms with Crippen molar-refractivity contribution in [3.63, 3.8) is 0 Å². The van der Waals surface area contributed by atoms with Gasteiger partial charge in [-0.3, -0.25) is 20.4 Å². The number of carbonyl (C=O) groups excluding carboxylic acids is 2. The zero-order valence-electron chi connectivity index (χ0n) is 15.0. The molecule has 2 amide bonds. The van der Waals surface area contributed by atoms with Gasteiger partial charge in [0.25, 0.3) is 11.8 Å². The van der Waals surface area contributed by atoms with Crippen molar-refractivity contribution in [3.8, 4) is 11.5 Å². The molecule has 0 radical (unpaired) electrons. The van der Waals surface area contributed by atoms with Gasteiger partial charge in [-0.1, -0.05) is 12.1 Å². The molecule has 0 saturated carbocycles. The van der Waals surface area contributed by atoms with Gasteiger partial charge in [0.2, 0.25) is 0 Å². The summed E-state index contributed by atoms with van der Waals surface area (Å²) in [4.78, 5) is 23.9. The monoisotopic (exact) mass is 394 g/mol. The maximum atomic E-state index is 12.5. The van der Waals surface area contributed by atoms with Gasteiger partial charge in [0.1, 0.15) is 11.5 Å². The number of hydrogen-bond donors (Lipinski definition) is 2. The zero-order valence-corrected chi connectivity index (χ0v) is 15.0. The van der Waals surface area contributed by atoms with Crippen molar-refractivity contribution < 1.29 is 32.2 Å². The lowest BCUT2D eigenvalue weighted by Gasteiger charge is -2.09. The SMILES string of the molecule is COc1cc(OC)cc(C(=O)NNC(=O)/C=C/c2ccc(C(F)(F)F)cc2)c1. The summed E-state index contributed by atoms with van der Waals surface area (Å²) in [7, 11) is 2.87. The van der Waals surface area contributed by atoms with Crippen LogP contribution in [-0.2, 0) is 11.0 Å². The van der Waals surface area contributed by atoms with Crippen LogP contribution in [0.5, 0.6) is 11.5 Å². The summed E-state index contributed by atoms with van der Waals surface area (Å²) in [5, 5.41) is 0. The summed E-state index contributed by atoms with van der Waals surface area (Å²) in [6, 6.07) is 8.79. The minimum atomic E-state index is -4.42. The molecule has 9 heteroatoms. The van der Waals surface area contributed by atoms with E-state index in [9.17, 15) is 22.8 Å². The Morgan fingerprint density at radius 3 is 2.00 bits per heavy atom. The smallest absolute Gasteiger partial charge is 0.416 e. The summed E-state index contributed by atoms with van der Waals surface area (Å²) in [6.07, 6.45) is -2.03. The Kier molecular flexibility index (Phi) is 6.64. The number of carbonyl (C=O) groups is 2. The predicted octanol–water partition coefficient (Wildman–Crippen LogP) is 3.20. The molecule has 2 aromatic carbocycles. The van der Waals surface area contributed by atoms with Gasteiger partial charge < -0.3 is 9.47 Å². The fourth-order valence-electron chi connectivity index (χ4n) is 2.13. The Labute approximate surface area is 158 Å². The molecular formula is C19H17F3N2O4. The molecule has 0 aliphatic rings. The molecule has 0 aliphatic heterocycles. The molecule has 0 saturated heterocycles. The summed E-state index contributed by atoms with van der Waals surface area (Å²) in [5.74, 6) is -0.465. The van der Waals surface area contributed by atoms with Gasteiger partial charge in [0.05, 0.1) is 19.8 Å². The lowest BCUT2D eigenvalue weighted by Crippen LogP contribution is -2.40. The van der Waals surface area contributed by atoms with Crippen molar-refractivity contribution in [1.29, 1.82) is 0 Å². The van der Waals surface area contributed by atoms with Gasteiger partial charge in [-0.25, -0.2) is 0 Å². The second-order valence-electron chi connectivity index (χ2n) is 5.50. The number of ether oxygens (including phenoxy) is 2. The first-order chi connectivity index (χ1) is 13.2. The van der Waals surface area contributed by atoms with Crippen LogP contribution in [0.4, 0.5) is 13.2 Å². The van der Waals surface area contributed by atoms with Crippen LogP contribution in [0.3, 0.4) is 0 Å².